The number of aromatic nitrogens is 2. The molecule has 4 rings (SSSR count). The van der Waals surface area contributed by atoms with Crippen LogP contribution in [0.4, 0.5) is 5.69 Å². The number of hydrogen-bond acceptors (Lipinski definition) is 4. The predicted octanol–water partition coefficient (Wildman–Crippen LogP) is 4.60. The minimum atomic E-state index is -0.659. The second-order valence-electron chi connectivity index (χ2n) is 7.68. The van der Waals surface area contributed by atoms with E-state index < -0.39 is 11.7 Å². The van der Waals surface area contributed by atoms with E-state index in [1.165, 1.54) is 13.3 Å². The van der Waals surface area contributed by atoms with Crippen molar-refractivity contribution in [2.45, 2.75) is 39.2 Å². The Kier molecular flexibility index (Phi) is 6.09. The first-order chi connectivity index (χ1) is 15.0. The van der Waals surface area contributed by atoms with E-state index in [2.05, 4.69) is 14.9 Å². The summed E-state index contributed by atoms with van der Waals surface area (Å²) in [6.07, 6.45) is 5.32. The van der Waals surface area contributed by atoms with Crippen LogP contribution < -0.4 is 10.1 Å². The third kappa shape index (κ3) is 4.35. The Morgan fingerprint density at radius 3 is 2.65 bits per heavy atom. The number of anilines is 1. The molecule has 6 nitrogen and oxygen atoms in total. The van der Waals surface area contributed by atoms with Gasteiger partial charge in [0.25, 0.3) is 11.7 Å². The van der Waals surface area contributed by atoms with Crippen LogP contribution in [0.15, 0.2) is 42.6 Å². The number of ketones is 1. The van der Waals surface area contributed by atoms with Gasteiger partial charge in [-0.1, -0.05) is 23.7 Å². The van der Waals surface area contributed by atoms with E-state index in [-0.39, 0.29) is 0 Å². The molecule has 0 saturated heterocycles. The van der Waals surface area contributed by atoms with Gasteiger partial charge in [0.05, 0.1) is 12.7 Å². The Labute approximate surface area is 186 Å². The molecule has 1 N–H and O–H groups in total. The maximum Gasteiger partial charge on any atom is 0.296 e. The first-order valence-corrected chi connectivity index (χ1v) is 10.7. The van der Waals surface area contributed by atoms with Crippen molar-refractivity contribution in [2.75, 3.05) is 12.4 Å². The van der Waals surface area contributed by atoms with Gasteiger partial charge in [0.2, 0.25) is 5.88 Å². The van der Waals surface area contributed by atoms with Crippen LogP contribution in [-0.2, 0) is 24.2 Å². The molecule has 7 heteroatoms. The van der Waals surface area contributed by atoms with Crippen molar-refractivity contribution in [3.8, 4) is 5.88 Å². The Bertz CT molecular complexity index is 1140. The third-order valence-corrected chi connectivity index (χ3v) is 5.97. The maximum absolute atomic E-state index is 13.2. The number of amides is 1. The molecule has 160 valence electrons. The lowest BCUT2D eigenvalue weighted by Crippen LogP contribution is -2.24. The summed E-state index contributed by atoms with van der Waals surface area (Å²) in [4.78, 5) is 30.0. The van der Waals surface area contributed by atoms with Gasteiger partial charge in [-0.25, -0.2) is 4.98 Å². The lowest BCUT2D eigenvalue weighted by atomic mass is 9.92. The number of halogens is 1. The summed E-state index contributed by atoms with van der Waals surface area (Å²) in [6, 6.07) is 10.9. The van der Waals surface area contributed by atoms with Gasteiger partial charge in [0, 0.05) is 40.9 Å². The Morgan fingerprint density at radius 2 is 1.90 bits per heavy atom. The number of ether oxygens (including phenoxy) is 1. The molecule has 2 aromatic heterocycles. The number of carbonyl (C=O) groups is 2. The topological polar surface area (TPSA) is 73.2 Å². The van der Waals surface area contributed by atoms with E-state index in [1.807, 2.05) is 31.2 Å². The molecule has 0 unspecified atom stereocenters. The molecule has 0 atom stereocenters. The molecule has 1 aromatic carbocycles. The van der Waals surface area contributed by atoms with E-state index >= 15 is 0 Å². The van der Waals surface area contributed by atoms with E-state index in [0.29, 0.717) is 28.7 Å². The monoisotopic (exact) mass is 437 g/mol. The molecule has 1 aliphatic carbocycles. The number of nitrogens with one attached hydrogen (secondary N) is 1. The van der Waals surface area contributed by atoms with Gasteiger partial charge in [-0.15, -0.1) is 0 Å². The Hall–Kier alpha value is -3.12. The van der Waals surface area contributed by atoms with Crippen molar-refractivity contribution in [2.24, 2.45) is 0 Å². The van der Waals surface area contributed by atoms with Crippen LogP contribution in [0.1, 0.15) is 45.7 Å². The van der Waals surface area contributed by atoms with Gasteiger partial charge in [-0.2, -0.15) is 0 Å². The molecule has 0 radical (unpaired) electrons. The first-order valence-electron chi connectivity index (χ1n) is 10.3. The molecule has 0 fully saturated rings. The fourth-order valence-electron chi connectivity index (χ4n) is 4.20. The number of fused-ring (bicyclic) bond motifs is 1. The zero-order valence-corrected chi connectivity index (χ0v) is 18.3. The number of hydrogen-bond donors (Lipinski definition) is 1. The van der Waals surface area contributed by atoms with E-state index in [4.69, 9.17) is 16.3 Å². The number of rotatable bonds is 6. The van der Waals surface area contributed by atoms with Gasteiger partial charge in [0.1, 0.15) is 0 Å². The molecule has 2 heterocycles. The van der Waals surface area contributed by atoms with Crippen molar-refractivity contribution >= 4 is 29.0 Å². The number of Topliss-reactive ketones (excluding diaryl/α,β-unsaturated/α-hetero) is 1. The van der Waals surface area contributed by atoms with Crippen molar-refractivity contribution in [1.82, 2.24) is 9.55 Å². The van der Waals surface area contributed by atoms with Crippen LogP contribution in [0.5, 0.6) is 5.88 Å². The van der Waals surface area contributed by atoms with Gasteiger partial charge in [0.15, 0.2) is 0 Å². The normalized spacial score (nSPS) is 12.9. The molecule has 31 heavy (non-hydrogen) atoms. The van der Waals surface area contributed by atoms with Gasteiger partial charge in [-0.3, -0.25) is 9.59 Å². The molecule has 1 amide bonds. The van der Waals surface area contributed by atoms with Gasteiger partial charge < -0.3 is 14.6 Å². The molecule has 0 spiro atoms. The van der Waals surface area contributed by atoms with Crippen molar-refractivity contribution in [3.63, 3.8) is 0 Å². The fraction of sp³-hybridized carbons (Fsp3) is 0.292. The zero-order chi connectivity index (χ0) is 22.0. The molecule has 0 saturated carbocycles. The number of carbonyl (C=O) groups excluding carboxylic acids is 2. The maximum atomic E-state index is 13.2. The van der Waals surface area contributed by atoms with Crippen LogP contribution >= 0.6 is 11.6 Å². The molecular weight excluding hydrogens is 414 g/mol. The summed E-state index contributed by atoms with van der Waals surface area (Å²) in [6.45, 7) is 2.56. The lowest BCUT2D eigenvalue weighted by Gasteiger charge is -2.16. The highest BCUT2D eigenvalue weighted by Crippen LogP contribution is 2.31. The predicted molar refractivity (Wildman–Crippen MR) is 120 cm³/mol. The van der Waals surface area contributed by atoms with Gasteiger partial charge >= 0.3 is 0 Å². The molecule has 1 aliphatic rings. The van der Waals surface area contributed by atoms with E-state index in [1.54, 1.807) is 12.1 Å². The zero-order valence-electron chi connectivity index (χ0n) is 17.6. The van der Waals surface area contributed by atoms with Crippen molar-refractivity contribution in [1.29, 1.82) is 0 Å². The summed E-state index contributed by atoms with van der Waals surface area (Å²) >= 11 is 6.02. The highest BCUT2D eigenvalue weighted by molar-refractivity contribution is 6.47. The smallest absolute Gasteiger partial charge is 0.296 e. The van der Waals surface area contributed by atoms with Crippen LogP contribution in [0.3, 0.4) is 0 Å². The highest BCUT2D eigenvalue weighted by atomic mass is 35.5. The summed E-state index contributed by atoms with van der Waals surface area (Å²) in [7, 11) is 1.50. The van der Waals surface area contributed by atoms with Crippen LogP contribution in [-0.4, -0.2) is 28.4 Å². The lowest BCUT2D eigenvalue weighted by molar-refractivity contribution is -0.112. The van der Waals surface area contributed by atoms with E-state index in [9.17, 15) is 9.59 Å². The van der Waals surface area contributed by atoms with Crippen molar-refractivity contribution in [3.05, 3.63) is 75.7 Å². The molecular formula is C24H24ClN3O3. The van der Waals surface area contributed by atoms with Gasteiger partial charge in [-0.05, 0) is 61.9 Å². The van der Waals surface area contributed by atoms with Crippen LogP contribution in [0.25, 0.3) is 0 Å². The van der Waals surface area contributed by atoms with Crippen LogP contribution in [0, 0.1) is 6.92 Å². The average molecular weight is 438 g/mol. The standard InChI is InChI=1S/C24H24ClN3O3/c1-15-22(23(29)24(30)27-18-11-12-26-21(13-18)31-2)19-5-3-4-6-20(19)28(15)14-16-7-9-17(25)10-8-16/h7-13H,3-6,14H2,1-2H3,(H,26,27,30). The highest BCUT2D eigenvalue weighted by Gasteiger charge is 2.30. The SMILES string of the molecule is COc1cc(NC(=O)C(=O)c2c3c(n(Cc4ccc(Cl)cc4)c2C)CCCC3)ccn1. The first kappa shape index (κ1) is 21.1. The quantitative estimate of drug-likeness (QED) is 0.451. The molecule has 3 aromatic rings. The second-order valence-corrected chi connectivity index (χ2v) is 8.11. The number of pyridine rings is 1. The minimum absolute atomic E-state index is 0.368. The van der Waals surface area contributed by atoms with Crippen LogP contribution in [0.2, 0.25) is 5.02 Å². The minimum Gasteiger partial charge on any atom is -0.481 e. The fourth-order valence-corrected chi connectivity index (χ4v) is 4.33. The third-order valence-electron chi connectivity index (χ3n) is 5.72. The summed E-state index contributed by atoms with van der Waals surface area (Å²) in [5.41, 5.74) is 5.09. The summed E-state index contributed by atoms with van der Waals surface area (Å²) < 4.78 is 7.26. The summed E-state index contributed by atoms with van der Waals surface area (Å²) in [5, 5.41) is 3.37. The number of methoxy groups -OCH3 is 1. The second kappa shape index (κ2) is 8.94. The molecule has 0 aliphatic heterocycles. The number of nitrogens with zero attached hydrogens (tertiary/aromatic N) is 2. The van der Waals surface area contributed by atoms with E-state index in [0.717, 1.165) is 48.2 Å². The molecule has 0 bridgehead atoms. The number of benzene rings is 1. The summed E-state index contributed by atoms with van der Waals surface area (Å²) in [5.74, 6) is -0.803. The average Bonchev–Trinajstić information content (AvgIpc) is 3.06. The Balaban J connectivity index is 1.65. The van der Waals surface area contributed by atoms with Crippen molar-refractivity contribution < 1.29 is 14.3 Å². The largest absolute Gasteiger partial charge is 0.481 e. The Morgan fingerprint density at radius 1 is 1.16 bits per heavy atom.